The summed E-state index contributed by atoms with van der Waals surface area (Å²) in [6.45, 7) is 4.68. The molecular weight excluding hydrogens is 548 g/mol. The summed E-state index contributed by atoms with van der Waals surface area (Å²) in [4.78, 5) is 0. The van der Waals surface area contributed by atoms with Gasteiger partial charge in [-0.3, -0.25) is 0 Å². The molecule has 0 unspecified atom stereocenters. The van der Waals surface area contributed by atoms with Crippen molar-refractivity contribution in [2.45, 2.75) is 19.3 Å². The molecule has 8 aromatic rings. The Hall–Kier alpha value is -5.60. The van der Waals surface area contributed by atoms with E-state index in [1.165, 1.54) is 33.4 Å². The summed E-state index contributed by atoms with van der Waals surface area (Å²) in [7, 11) is 0. The predicted octanol–water partition coefficient (Wildman–Crippen LogP) is 12.1. The molecule has 0 saturated heterocycles. The summed E-state index contributed by atoms with van der Waals surface area (Å²) >= 11 is 0. The number of hydrogen-bond acceptors (Lipinski definition) is 2. The largest absolute Gasteiger partial charge is 0.456 e. The van der Waals surface area contributed by atoms with E-state index in [-0.39, 0.29) is 5.41 Å². The molecule has 0 radical (unpaired) electrons. The molecule has 214 valence electrons. The fourth-order valence-corrected chi connectivity index (χ4v) is 7.06. The van der Waals surface area contributed by atoms with Gasteiger partial charge in [0.2, 0.25) is 0 Å². The fourth-order valence-electron chi connectivity index (χ4n) is 7.06. The van der Waals surface area contributed by atoms with Gasteiger partial charge in [0.25, 0.3) is 0 Å². The third-order valence-electron chi connectivity index (χ3n) is 9.46. The van der Waals surface area contributed by atoms with Gasteiger partial charge in [0.15, 0.2) is 0 Å². The summed E-state index contributed by atoms with van der Waals surface area (Å²) in [6, 6.07) is 43.0. The Morgan fingerprint density at radius 3 is 1.24 bits per heavy atom. The van der Waals surface area contributed by atoms with Gasteiger partial charge in [-0.25, -0.2) is 0 Å². The number of hydrogen-bond donors (Lipinski definition) is 0. The topological polar surface area (TPSA) is 26.3 Å². The summed E-state index contributed by atoms with van der Waals surface area (Å²) in [5.41, 5.74) is 13.7. The van der Waals surface area contributed by atoms with Crippen molar-refractivity contribution in [3.63, 3.8) is 0 Å². The summed E-state index contributed by atoms with van der Waals surface area (Å²) < 4.78 is 12.0. The summed E-state index contributed by atoms with van der Waals surface area (Å²) in [6.07, 6.45) is 8.84. The normalized spacial score (nSPS) is 14.0. The number of benzene rings is 6. The molecule has 45 heavy (non-hydrogen) atoms. The Labute approximate surface area is 261 Å². The fraction of sp³-hybridized carbons (Fsp3) is 0.0698. The lowest BCUT2D eigenvalue weighted by Crippen LogP contribution is -2.15. The van der Waals surface area contributed by atoms with Gasteiger partial charge in [-0.15, -0.1) is 0 Å². The number of furan rings is 2. The van der Waals surface area contributed by atoms with E-state index in [0.717, 1.165) is 55.0 Å². The van der Waals surface area contributed by atoms with Crippen LogP contribution in [0.3, 0.4) is 0 Å². The van der Waals surface area contributed by atoms with E-state index in [4.69, 9.17) is 8.83 Å². The molecule has 0 atom stereocenters. The average molecular weight is 579 g/mol. The first kappa shape index (κ1) is 25.9. The van der Waals surface area contributed by atoms with E-state index in [1.54, 1.807) is 0 Å². The average Bonchev–Trinajstić information content (AvgIpc) is 3.70. The van der Waals surface area contributed by atoms with E-state index in [2.05, 4.69) is 135 Å². The van der Waals surface area contributed by atoms with Gasteiger partial charge < -0.3 is 8.83 Å². The molecule has 1 aliphatic carbocycles. The van der Waals surface area contributed by atoms with Crippen LogP contribution in [-0.4, -0.2) is 0 Å². The SMILES string of the molecule is CC1(C)c2cc(/C=C/c3ccc4oc5ccccc5c4c3)ccc2-c2ccc(/C=C/c3ccc4oc5ccccc5c4c3)cc21. The maximum absolute atomic E-state index is 6.01. The third-order valence-corrected chi connectivity index (χ3v) is 9.46. The molecule has 6 aromatic carbocycles. The monoisotopic (exact) mass is 578 g/mol. The minimum atomic E-state index is -0.0956. The van der Waals surface area contributed by atoms with Gasteiger partial charge in [-0.1, -0.05) is 123 Å². The molecule has 0 aliphatic heterocycles. The molecule has 2 heterocycles. The molecule has 2 nitrogen and oxygen atoms in total. The molecule has 1 aliphatic rings. The number of fused-ring (bicyclic) bond motifs is 9. The van der Waals surface area contributed by atoms with E-state index >= 15 is 0 Å². The minimum absolute atomic E-state index is 0.0956. The molecule has 2 aromatic heterocycles. The van der Waals surface area contributed by atoms with Crippen LogP contribution in [0.4, 0.5) is 0 Å². The Morgan fingerprint density at radius 2 is 0.778 bits per heavy atom. The van der Waals surface area contributed by atoms with Crippen LogP contribution in [0.5, 0.6) is 0 Å². The van der Waals surface area contributed by atoms with Crippen LogP contribution in [-0.2, 0) is 5.41 Å². The zero-order valence-electron chi connectivity index (χ0n) is 25.2. The van der Waals surface area contributed by atoms with Gasteiger partial charge in [0.1, 0.15) is 22.3 Å². The highest BCUT2D eigenvalue weighted by atomic mass is 16.3. The maximum Gasteiger partial charge on any atom is 0.135 e. The lowest BCUT2D eigenvalue weighted by molar-refractivity contribution is 0.660. The van der Waals surface area contributed by atoms with Gasteiger partial charge >= 0.3 is 0 Å². The first-order chi connectivity index (χ1) is 22.0. The van der Waals surface area contributed by atoms with Crippen LogP contribution in [0.25, 0.3) is 79.3 Å². The van der Waals surface area contributed by atoms with Crippen LogP contribution < -0.4 is 0 Å². The van der Waals surface area contributed by atoms with Crippen LogP contribution >= 0.6 is 0 Å². The van der Waals surface area contributed by atoms with Crippen molar-refractivity contribution >= 4 is 68.2 Å². The minimum Gasteiger partial charge on any atom is -0.456 e. The second-order valence-corrected chi connectivity index (χ2v) is 12.6. The standard InChI is InChI=1S/C43H30O2/c1-43(2)37-25-29(13-11-27-17-21-41-35(23-27)33-7-3-5-9-39(33)44-41)15-19-31(37)32-20-16-30(26-38(32)43)14-12-28-18-22-42-36(24-28)34-8-4-6-10-40(34)45-42/h3-26H,1-2H3/b13-11+,14-12+. The lowest BCUT2D eigenvalue weighted by atomic mass is 9.81. The highest BCUT2D eigenvalue weighted by Gasteiger charge is 2.35. The van der Waals surface area contributed by atoms with Crippen LogP contribution in [0.2, 0.25) is 0 Å². The smallest absolute Gasteiger partial charge is 0.135 e. The van der Waals surface area contributed by atoms with Gasteiger partial charge in [-0.2, -0.15) is 0 Å². The molecule has 0 amide bonds. The molecule has 9 rings (SSSR count). The maximum atomic E-state index is 6.01. The van der Waals surface area contributed by atoms with Gasteiger partial charge in [0, 0.05) is 27.0 Å². The van der Waals surface area contributed by atoms with E-state index in [1.807, 2.05) is 24.3 Å². The van der Waals surface area contributed by atoms with Gasteiger partial charge in [-0.05, 0) is 80.9 Å². The summed E-state index contributed by atoms with van der Waals surface area (Å²) in [5.74, 6) is 0. The van der Waals surface area contributed by atoms with E-state index in [0.29, 0.717) is 0 Å². The van der Waals surface area contributed by atoms with Gasteiger partial charge in [0.05, 0.1) is 0 Å². The van der Waals surface area contributed by atoms with Crippen molar-refractivity contribution in [1.82, 2.24) is 0 Å². The predicted molar refractivity (Wildman–Crippen MR) is 189 cm³/mol. The van der Waals surface area contributed by atoms with Crippen molar-refractivity contribution in [3.05, 3.63) is 155 Å². The third kappa shape index (κ3) is 4.17. The first-order valence-electron chi connectivity index (χ1n) is 15.5. The Kier molecular flexibility index (Phi) is 5.58. The molecular formula is C43H30O2. The zero-order chi connectivity index (χ0) is 30.1. The second-order valence-electron chi connectivity index (χ2n) is 12.6. The molecule has 0 fully saturated rings. The van der Waals surface area contributed by atoms with Crippen molar-refractivity contribution in [1.29, 1.82) is 0 Å². The van der Waals surface area contributed by atoms with Crippen molar-refractivity contribution in [2.75, 3.05) is 0 Å². The molecule has 0 bridgehead atoms. The number of para-hydroxylation sites is 2. The summed E-state index contributed by atoms with van der Waals surface area (Å²) in [5, 5.41) is 4.61. The zero-order valence-corrected chi connectivity index (χ0v) is 25.2. The Balaban J connectivity index is 1.00. The Morgan fingerprint density at radius 1 is 0.400 bits per heavy atom. The van der Waals surface area contributed by atoms with Crippen LogP contribution in [0.1, 0.15) is 47.2 Å². The van der Waals surface area contributed by atoms with Crippen molar-refractivity contribution in [2.24, 2.45) is 0 Å². The molecule has 0 N–H and O–H groups in total. The number of rotatable bonds is 4. The lowest BCUT2D eigenvalue weighted by Gasteiger charge is -2.22. The Bertz CT molecular complexity index is 2340. The first-order valence-corrected chi connectivity index (χ1v) is 15.5. The van der Waals surface area contributed by atoms with Crippen molar-refractivity contribution in [3.8, 4) is 11.1 Å². The van der Waals surface area contributed by atoms with E-state index < -0.39 is 0 Å². The quantitative estimate of drug-likeness (QED) is 0.194. The van der Waals surface area contributed by atoms with Crippen LogP contribution in [0, 0.1) is 0 Å². The molecule has 0 spiro atoms. The van der Waals surface area contributed by atoms with E-state index in [9.17, 15) is 0 Å². The second kappa shape index (κ2) is 9.70. The highest BCUT2D eigenvalue weighted by Crippen LogP contribution is 2.49. The molecule has 0 saturated carbocycles. The highest BCUT2D eigenvalue weighted by molar-refractivity contribution is 6.06. The van der Waals surface area contributed by atoms with Crippen LogP contribution in [0.15, 0.2) is 130 Å². The van der Waals surface area contributed by atoms with Crippen molar-refractivity contribution < 1.29 is 8.83 Å². The molecule has 2 heteroatoms.